The number of carbonyl (C=O) groups excluding carboxylic acids is 1. The first-order valence-electron chi connectivity index (χ1n) is 8.19. The minimum Gasteiger partial charge on any atom is -0.325 e. The summed E-state index contributed by atoms with van der Waals surface area (Å²) < 4.78 is 0. The van der Waals surface area contributed by atoms with Crippen LogP contribution in [0.2, 0.25) is 0 Å². The maximum Gasteiger partial charge on any atom is 0.237 e. The summed E-state index contributed by atoms with van der Waals surface area (Å²) in [4.78, 5) is 13.6. The van der Waals surface area contributed by atoms with Crippen molar-refractivity contribution in [1.29, 1.82) is 0 Å². The Morgan fingerprint density at radius 3 is 2.65 bits per heavy atom. The number of fused-ring (bicyclic) bond motifs is 1. The molecule has 1 amide bonds. The summed E-state index contributed by atoms with van der Waals surface area (Å²) in [5.74, 6) is 0.0578. The highest BCUT2D eigenvalue weighted by atomic mass is 32.2. The van der Waals surface area contributed by atoms with Crippen molar-refractivity contribution < 1.29 is 4.79 Å². The normalized spacial score (nSPS) is 14.4. The number of hydrogen-bond donors (Lipinski definition) is 1. The van der Waals surface area contributed by atoms with Crippen LogP contribution in [0.15, 0.2) is 41.3 Å². The monoisotopic (exact) mass is 325 g/mol. The van der Waals surface area contributed by atoms with Crippen molar-refractivity contribution in [3.63, 3.8) is 0 Å². The molecule has 3 rings (SSSR count). The van der Waals surface area contributed by atoms with Gasteiger partial charge in [-0.2, -0.15) is 0 Å². The third kappa shape index (κ3) is 3.78. The van der Waals surface area contributed by atoms with E-state index >= 15 is 0 Å². The molecule has 2 aromatic carbocycles. The molecule has 0 aromatic heterocycles. The first-order valence-corrected chi connectivity index (χ1v) is 9.07. The molecular weight excluding hydrogens is 302 g/mol. The van der Waals surface area contributed by atoms with Crippen molar-refractivity contribution in [2.75, 3.05) is 5.32 Å². The Bertz CT molecular complexity index is 738. The van der Waals surface area contributed by atoms with Crippen molar-refractivity contribution in [3.8, 4) is 0 Å². The molecule has 1 atom stereocenters. The first kappa shape index (κ1) is 16.1. The smallest absolute Gasteiger partial charge is 0.237 e. The van der Waals surface area contributed by atoms with E-state index < -0.39 is 0 Å². The molecule has 0 unspecified atom stereocenters. The van der Waals surface area contributed by atoms with Gasteiger partial charge in [-0.05, 0) is 74.9 Å². The van der Waals surface area contributed by atoms with Crippen LogP contribution in [0.25, 0.3) is 0 Å². The van der Waals surface area contributed by atoms with Gasteiger partial charge in [0, 0.05) is 10.6 Å². The second kappa shape index (κ2) is 6.79. The number of anilines is 1. The van der Waals surface area contributed by atoms with E-state index in [1.165, 1.54) is 40.8 Å². The van der Waals surface area contributed by atoms with Crippen LogP contribution in [-0.2, 0) is 17.6 Å². The van der Waals surface area contributed by atoms with Crippen molar-refractivity contribution in [2.45, 2.75) is 50.2 Å². The zero-order valence-corrected chi connectivity index (χ0v) is 14.8. The minimum absolute atomic E-state index is 0.0578. The molecule has 0 saturated heterocycles. The average molecular weight is 325 g/mol. The third-order valence-corrected chi connectivity index (χ3v) is 5.49. The van der Waals surface area contributed by atoms with E-state index in [1.54, 1.807) is 11.8 Å². The highest BCUT2D eigenvalue weighted by Crippen LogP contribution is 2.30. The molecule has 1 N–H and O–H groups in total. The molecule has 2 aromatic rings. The summed E-state index contributed by atoms with van der Waals surface area (Å²) in [7, 11) is 0. The van der Waals surface area contributed by atoms with Crippen LogP contribution >= 0.6 is 11.8 Å². The number of carbonyl (C=O) groups is 1. The maximum atomic E-state index is 12.5. The Balaban J connectivity index is 1.65. The fraction of sp³-hybridized carbons (Fsp3) is 0.350. The van der Waals surface area contributed by atoms with Crippen molar-refractivity contribution in [1.82, 2.24) is 0 Å². The lowest BCUT2D eigenvalue weighted by Gasteiger charge is -2.14. The Hall–Kier alpha value is -1.74. The molecule has 3 heteroatoms. The highest BCUT2D eigenvalue weighted by molar-refractivity contribution is 8.00. The van der Waals surface area contributed by atoms with Gasteiger partial charge in [-0.1, -0.05) is 23.8 Å². The molecule has 0 saturated carbocycles. The summed E-state index contributed by atoms with van der Waals surface area (Å²) in [6.45, 7) is 6.06. The maximum absolute atomic E-state index is 12.5. The number of amides is 1. The van der Waals surface area contributed by atoms with Gasteiger partial charge in [0.15, 0.2) is 0 Å². The number of aryl methyl sites for hydroxylation is 4. The number of rotatable bonds is 4. The predicted molar refractivity (Wildman–Crippen MR) is 98.3 cm³/mol. The van der Waals surface area contributed by atoms with Gasteiger partial charge < -0.3 is 5.32 Å². The van der Waals surface area contributed by atoms with Gasteiger partial charge in [0.1, 0.15) is 0 Å². The lowest BCUT2D eigenvalue weighted by molar-refractivity contribution is -0.115. The lowest BCUT2D eigenvalue weighted by atomic mass is 10.1. The number of benzene rings is 2. The molecule has 0 fully saturated rings. The summed E-state index contributed by atoms with van der Waals surface area (Å²) >= 11 is 1.63. The Morgan fingerprint density at radius 1 is 1.09 bits per heavy atom. The molecule has 2 nitrogen and oxygen atoms in total. The quantitative estimate of drug-likeness (QED) is 0.809. The van der Waals surface area contributed by atoms with Crippen LogP contribution in [0.1, 0.15) is 35.6 Å². The lowest BCUT2D eigenvalue weighted by Crippen LogP contribution is -2.22. The SMILES string of the molecule is Cc1ccc(NC(=O)[C@H](C)Sc2ccc3c(c2)CCC3)c(C)c1. The zero-order valence-electron chi connectivity index (χ0n) is 14.0. The number of thioether (sulfide) groups is 1. The standard InChI is InChI=1S/C20H23NOS/c1-13-7-10-19(14(2)11-13)21-20(22)15(3)23-18-9-8-16-5-4-6-17(16)12-18/h7-12,15H,4-6H2,1-3H3,(H,21,22)/t15-/m0/s1. The van der Waals surface area contributed by atoms with E-state index in [2.05, 4.69) is 36.5 Å². The fourth-order valence-corrected chi connectivity index (χ4v) is 4.00. The van der Waals surface area contributed by atoms with E-state index in [4.69, 9.17) is 0 Å². The highest BCUT2D eigenvalue weighted by Gasteiger charge is 2.17. The largest absolute Gasteiger partial charge is 0.325 e. The van der Waals surface area contributed by atoms with Crippen molar-refractivity contribution in [2.24, 2.45) is 0 Å². The molecule has 0 heterocycles. The molecule has 0 radical (unpaired) electrons. The van der Waals surface area contributed by atoms with Crippen LogP contribution in [0, 0.1) is 13.8 Å². The zero-order chi connectivity index (χ0) is 16.4. The summed E-state index contributed by atoms with van der Waals surface area (Å²) in [5.41, 5.74) is 6.15. The topological polar surface area (TPSA) is 29.1 Å². The van der Waals surface area contributed by atoms with Crippen LogP contribution in [0.3, 0.4) is 0 Å². The summed E-state index contributed by atoms with van der Waals surface area (Å²) in [6.07, 6.45) is 3.63. The minimum atomic E-state index is -0.116. The van der Waals surface area contributed by atoms with E-state index in [-0.39, 0.29) is 11.2 Å². The Kier molecular flexibility index (Phi) is 4.76. The van der Waals surface area contributed by atoms with Crippen molar-refractivity contribution >= 4 is 23.4 Å². The molecule has 1 aliphatic carbocycles. The van der Waals surface area contributed by atoms with Crippen LogP contribution in [0.5, 0.6) is 0 Å². The Morgan fingerprint density at radius 2 is 1.87 bits per heavy atom. The molecule has 0 aliphatic heterocycles. The van der Waals surface area contributed by atoms with Gasteiger partial charge in [-0.3, -0.25) is 4.79 Å². The molecule has 0 spiro atoms. The van der Waals surface area contributed by atoms with E-state index in [0.717, 1.165) is 11.3 Å². The van der Waals surface area contributed by atoms with E-state index in [1.807, 2.05) is 26.0 Å². The van der Waals surface area contributed by atoms with Gasteiger partial charge in [-0.15, -0.1) is 11.8 Å². The Labute approximate surface area is 142 Å². The average Bonchev–Trinajstić information content (AvgIpc) is 2.97. The fourth-order valence-electron chi connectivity index (χ4n) is 3.07. The summed E-state index contributed by atoms with van der Waals surface area (Å²) in [6, 6.07) is 12.7. The number of nitrogens with one attached hydrogen (secondary N) is 1. The second-order valence-electron chi connectivity index (χ2n) is 6.35. The van der Waals surface area contributed by atoms with E-state index in [9.17, 15) is 4.79 Å². The third-order valence-electron chi connectivity index (χ3n) is 4.39. The van der Waals surface area contributed by atoms with Crippen LogP contribution < -0.4 is 5.32 Å². The molecule has 23 heavy (non-hydrogen) atoms. The molecule has 1 aliphatic rings. The van der Waals surface area contributed by atoms with E-state index in [0.29, 0.717) is 0 Å². The van der Waals surface area contributed by atoms with Gasteiger partial charge in [0.05, 0.1) is 5.25 Å². The van der Waals surface area contributed by atoms with Crippen molar-refractivity contribution in [3.05, 3.63) is 58.7 Å². The molecular formula is C20H23NOS. The molecule has 120 valence electrons. The first-order chi connectivity index (χ1) is 11.0. The molecule has 0 bridgehead atoms. The van der Waals surface area contributed by atoms with Gasteiger partial charge >= 0.3 is 0 Å². The second-order valence-corrected chi connectivity index (χ2v) is 7.77. The predicted octanol–water partition coefficient (Wildman–Crippen LogP) is 4.91. The van der Waals surface area contributed by atoms with Gasteiger partial charge in [0.25, 0.3) is 0 Å². The van der Waals surface area contributed by atoms with Crippen LogP contribution in [0.4, 0.5) is 5.69 Å². The van der Waals surface area contributed by atoms with Gasteiger partial charge in [0.2, 0.25) is 5.91 Å². The van der Waals surface area contributed by atoms with Gasteiger partial charge in [-0.25, -0.2) is 0 Å². The van der Waals surface area contributed by atoms with Crippen LogP contribution in [-0.4, -0.2) is 11.2 Å². The number of hydrogen-bond acceptors (Lipinski definition) is 2. The summed E-state index contributed by atoms with van der Waals surface area (Å²) in [5, 5.41) is 2.93.